The monoisotopic (exact) mass is 169 g/mol. The summed E-state index contributed by atoms with van der Waals surface area (Å²) in [5.74, 6) is -0.124. The molecule has 0 unspecified atom stereocenters. The number of isocyanates is 1. The fraction of sp³-hybridized carbons (Fsp3) is 0. The molecular formula is C7H4ClNO2. The topological polar surface area (TPSA) is 49.7 Å². The van der Waals surface area contributed by atoms with Crippen molar-refractivity contribution in [3.63, 3.8) is 0 Å². The second kappa shape index (κ2) is 3.19. The summed E-state index contributed by atoms with van der Waals surface area (Å²) in [5, 5.41) is 9.46. The summed E-state index contributed by atoms with van der Waals surface area (Å²) < 4.78 is 0. The van der Waals surface area contributed by atoms with E-state index in [0.29, 0.717) is 5.02 Å². The summed E-state index contributed by atoms with van der Waals surface area (Å²) in [6, 6.07) is 4.26. The van der Waals surface area contributed by atoms with Crippen LogP contribution in [0.5, 0.6) is 5.75 Å². The SMILES string of the molecule is O=C=Nc1ccc(Cl)cc1O. The number of benzene rings is 1. The quantitative estimate of drug-likeness (QED) is 0.517. The number of aliphatic imine (C=N–C) groups is 1. The number of nitrogens with zero attached hydrogens (tertiary/aromatic N) is 1. The maximum atomic E-state index is 9.78. The lowest BCUT2D eigenvalue weighted by Crippen LogP contribution is -1.67. The molecular weight excluding hydrogens is 166 g/mol. The van der Waals surface area contributed by atoms with E-state index in [1.165, 1.54) is 24.3 Å². The van der Waals surface area contributed by atoms with Gasteiger partial charge in [0.2, 0.25) is 6.08 Å². The molecule has 0 aliphatic heterocycles. The van der Waals surface area contributed by atoms with Crippen LogP contribution in [0.4, 0.5) is 5.69 Å². The van der Waals surface area contributed by atoms with Crippen molar-refractivity contribution in [3.8, 4) is 5.75 Å². The van der Waals surface area contributed by atoms with Crippen molar-refractivity contribution in [2.75, 3.05) is 0 Å². The van der Waals surface area contributed by atoms with Gasteiger partial charge >= 0.3 is 0 Å². The van der Waals surface area contributed by atoms with Crippen LogP contribution in [-0.2, 0) is 4.79 Å². The Hall–Kier alpha value is -1.31. The lowest BCUT2D eigenvalue weighted by Gasteiger charge is -1.95. The van der Waals surface area contributed by atoms with Gasteiger partial charge in [0.15, 0.2) is 0 Å². The van der Waals surface area contributed by atoms with Gasteiger partial charge in [-0.25, -0.2) is 4.79 Å². The molecule has 1 aromatic carbocycles. The minimum Gasteiger partial charge on any atom is -0.506 e. The van der Waals surface area contributed by atoms with E-state index in [1.807, 2.05) is 0 Å². The van der Waals surface area contributed by atoms with Gasteiger partial charge in [0.05, 0.1) is 0 Å². The molecule has 0 heterocycles. The van der Waals surface area contributed by atoms with Gasteiger partial charge in [-0.05, 0) is 12.1 Å². The zero-order valence-corrected chi connectivity index (χ0v) is 6.17. The van der Waals surface area contributed by atoms with E-state index >= 15 is 0 Å². The van der Waals surface area contributed by atoms with Crippen LogP contribution in [0.25, 0.3) is 0 Å². The van der Waals surface area contributed by atoms with E-state index in [4.69, 9.17) is 16.7 Å². The van der Waals surface area contributed by atoms with Gasteiger partial charge in [-0.15, -0.1) is 0 Å². The molecule has 0 saturated heterocycles. The molecule has 11 heavy (non-hydrogen) atoms. The Kier molecular flexibility index (Phi) is 2.26. The van der Waals surface area contributed by atoms with Crippen molar-refractivity contribution < 1.29 is 9.90 Å². The maximum Gasteiger partial charge on any atom is 0.240 e. The number of phenols is 1. The Morgan fingerprint density at radius 2 is 2.27 bits per heavy atom. The number of phenolic OH excluding ortho intramolecular Hbond substituents is 1. The van der Waals surface area contributed by atoms with Gasteiger partial charge in [0.1, 0.15) is 11.4 Å². The third-order valence-electron chi connectivity index (χ3n) is 1.10. The molecule has 0 aliphatic carbocycles. The van der Waals surface area contributed by atoms with Crippen molar-refractivity contribution in [1.82, 2.24) is 0 Å². The number of rotatable bonds is 1. The second-order valence-electron chi connectivity index (χ2n) is 1.84. The van der Waals surface area contributed by atoms with Crippen LogP contribution in [0, 0.1) is 0 Å². The molecule has 1 N–H and O–H groups in total. The minimum atomic E-state index is -0.124. The van der Waals surface area contributed by atoms with Gasteiger partial charge in [0, 0.05) is 11.1 Å². The highest BCUT2D eigenvalue weighted by atomic mass is 35.5. The predicted molar refractivity (Wildman–Crippen MR) is 40.9 cm³/mol. The van der Waals surface area contributed by atoms with Gasteiger partial charge in [-0.1, -0.05) is 11.6 Å². The zero-order chi connectivity index (χ0) is 8.27. The maximum absolute atomic E-state index is 9.78. The molecule has 0 radical (unpaired) electrons. The first-order valence-corrected chi connectivity index (χ1v) is 3.18. The smallest absolute Gasteiger partial charge is 0.240 e. The first kappa shape index (κ1) is 7.79. The molecule has 56 valence electrons. The predicted octanol–water partition coefficient (Wildman–Crippen LogP) is 2.01. The van der Waals surface area contributed by atoms with E-state index in [-0.39, 0.29) is 11.4 Å². The second-order valence-corrected chi connectivity index (χ2v) is 2.27. The van der Waals surface area contributed by atoms with Crippen LogP contribution >= 0.6 is 11.6 Å². The van der Waals surface area contributed by atoms with Crippen molar-refractivity contribution >= 4 is 23.4 Å². The first-order chi connectivity index (χ1) is 5.24. The third-order valence-corrected chi connectivity index (χ3v) is 1.34. The van der Waals surface area contributed by atoms with Crippen molar-refractivity contribution in [1.29, 1.82) is 0 Å². The van der Waals surface area contributed by atoms with Crippen LogP contribution in [0.15, 0.2) is 23.2 Å². The Labute approximate surface area is 68.0 Å². The first-order valence-electron chi connectivity index (χ1n) is 2.80. The van der Waals surface area contributed by atoms with Crippen molar-refractivity contribution in [3.05, 3.63) is 23.2 Å². The average Bonchev–Trinajstić information content (AvgIpc) is 1.95. The number of halogens is 1. The largest absolute Gasteiger partial charge is 0.506 e. The number of hydrogen-bond donors (Lipinski definition) is 1. The lowest BCUT2D eigenvalue weighted by atomic mass is 10.3. The molecule has 0 aromatic heterocycles. The summed E-state index contributed by atoms with van der Waals surface area (Å²) in [5.41, 5.74) is 0.171. The van der Waals surface area contributed by atoms with Crippen LogP contribution < -0.4 is 0 Å². The van der Waals surface area contributed by atoms with E-state index in [1.54, 1.807) is 0 Å². The Morgan fingerprint density at radius 1 is 1.55 bits per heavy atom. The fourth-order valence-corrected chi connectivity index (χ4v) is 0.807. The van der Waals surface area contributed by atoms with Crippen LogP contribution in [0.1, 0.15) is 0 Å². The molecule has 0 amide bonds. The number of hydrogen-bond acceptors (Lipinski definition) is 3. The fourth-order valence-electron chi connectivity index (χ4n) is 0.640. The Balaban J connectivity index is 3.19. The zero-order valence-electron chi connectivity index (χ0n) is 5.41. The molecule has 4 heteroatoms. The Bertz CT molecular complexity index is 318. The van der Waals surface area contributed by atoms with Crippen LogP contribution in [0.3, 0.4) is 0 Å². The van der Waals surface area contributed by atoms with E-state index < -0.39 is 0 Å². The number of aromatic hydroxyl groups is 1. The average molecular weight is 170 g/mol. The standard InChI is InChI=1S/C7H4ClNO2/c8-5-1-2-6(9-4-10)7(11)3-5/h1-3,11H. The van der Waals surface area contributed by atoms with Gasteiger partial charge in [-0.3, -0.25) is 0 Å². The summed E-state index contributed by atoms with van der Waals surface area (Å²) in [6.45, 7) is 0. The molecule has 0 fully saturated rings. The van der Waals surface area contributed by atoms with Crippen molar-refractivity contribution in [2.45, 2.75) is 0 Å². The number of carbonyl (C=O) groups excluding carboxylic acids is 1. The molecule has 0 atom stereocenters. The van der Waals surface area contributed by atoms with E-state index in [2.05, 4.69) is 4.99 Å². The highest BCUT2D eigenvalue weighted by Gasteiger charge is 1.98. The summed E-state index contributed by atoms with van der Waals surface area (Å²) in [6.07, 6.45) is 1.32. The lowest BCUT2D eigenvalue weighted by molar-refractivity contribution is 0.476. The summed E-state index contributed by atoms with van der Waals surface area (Å²) in [4.78, 5) is 13.0. The molecule has 0 bridgehead atoms. The molecule has 0 spiro atoms. The van der Waals surface area contributed by atoms with Gasteiger partial charge in [0.25, 0.3) is 0 Å². The normalized spacial score (nSPS) is 8.82. The third kappa shape index (κ3) is 1.80. The molecule has 1 aromatic rings. The molecule has 0 saturated carbocycles. The van der Waals surface area contributed by atoms with Gasteiger partial charge in [-0.2, -0.15) is 4.99 Å². The Morgan fingerprint density at radius 3 is 2.82 bits per heavy atom. The molecule has 0 aliphatic rings. The van der Waals surface area contributed by atoms with E-state index in [0.717, 1.165) is 0 Å². The minimum absolute atomic E-state index is 0.124. The van der Waals surface area contributed by atoms with Crippen molar-refractivity contribution in [2.24, 2.45) is 4.99 Å². The molecule has 1 rings (SSSR count). The highest BCUT2D eigenvalue weighted by molar-refractivity contribution is 6.30. The summed E-state index contributed by atoms with van der Waals surface area (Å²) >= 11 is 5.52. The van der Waals surface area contributed by atoms with E-state index in [9.17, 15) is 4.79 Å². The molecule has 3 nitrogen and oxygen atoms in total. The van der Waals surface area contributed by atoms with Gasteiger partial charge < -0.3 is 5.11 Å². The summed E-state index contributed by atoms with van der Waals surface area (Å²) in [7, 11) is 0. The highest BCUT2D eigenvalue weighted by Crippen LogP contribution is 2.28. The van der Waals surface area contributed by atoms with Crippen LogP contribution in [-0.4, -0.2) is 11.2 Å². The van der Waals surface area contributed by atoms with Crippen LogP contribution in [0.2, 0.25) is 5.02 Å².